The summed E-state index contributed by atoms with van der Waals surface area (Å²) in [5.74, 6) is -0.642. The number of hydrogen-bond donors (Lipinski definition) is 2. The molecule has 1 saturated heterocycles. The zero-order chi connectivity index (χ0) is 15.6. The van der Waals surface area contributed by atoms with E-state index in [1.807, 2.05) is 0 Å². The van der Waals surface area contributed by atoms with E-state index in [4.69, 9.17) is 10.5 Å². The third-order valence-corrected chi connectivity index (χ3v) is 5.21. The van der Waals surface area contributed by atoms with Crippen molar-refractivity contribution < 1.29 is 17.9 Å². The average molecular weight is 312 g/mol. The average Bonchev–Trinajstić information content (AvgIpc) is 2.92. The van der Waals surface area contributed by atoms with Crippen LogP contribution >= 0.6 is 0 Å². The Bertz CT molecular complexity index is 636. The number of aryl methyl sites for hydroxylation is 1. The fourth-order valence-corrected chi connectivity index (χ4v) is 3.72. The van der Waals surface area contributed by atoms with Gasteiger partial charge in [-0.2, -0.15) is 0 Å². The molecule has 1 aromatic rings. The summed E-state index contributed by atoms with van der Waals surface area (Å²) >= 11 is 0. The van der Waals surface area contributed by atoms with Gasteiger partial charge in [-0.15, -0.1) is 0 Å². The van der Waals surface area contributed by atoms with Gasteiger partial charge in [-0.1, -0.05) is 6.07 Å². The van der Waals surface area contributed by atoms with Gasteiger partial charge in [0.25, 0.3) is 0 Å². The van der Waals surface area contributed by atoms with E-state index >= 15 is 0 Å². The molecule has 0 unspecified atom stereocenters. The van der Waals surface area contributed by atoms with Crippen LogP contribution in [0.15, 0.2) is 23.1 Å². The van der Waals surface area contributed by atoms with Crippen molar-refractivity contribution in [2.75, 3.05) is 6.61 Å². The van der Waals surface area contributed by atoms with E-state index in [1.165, 1.54) is 12.1 Å². The Hall–Kier alpha value is -1.44. The summed E-state index contributed by atoms with van der Waals surface area (Å²) in [6.07, 6.45) is 1.66. The molecular weight excluding hydrogens is 292 g/mol. The van der Waals surface area contributed by atoms with E-state index in [2.05, 4.69) is 4.72 Å². The number of sulfonamides is 1. The van der Waals surface area contributed by atoms with Crippen molar-refractivity contribution in [1.29, 1.82) is 0 Å². The summed E-state index contributed by atoms with van der Waals surface area (Å²) in [6.45, 7) is 4.14. The molecule has 3 N–H and O–H groups in total. The Morgan fingerprint density at radius 3 is 2.76 bits per heavy atom. The van der Waals surface area contributed by atoms with Crippen LogP contribution in [-0.2, 0) is 14.8 Å². The highest BCUT2D eigenvalue weighted by molar-refractivity contribution is 7.89. The molecule has 0 aliphatic carbocycles. The second-order valence-corrected chi connectivity index (χ2v) is 7.02. The number of ether oxygens (including phenoxy) is 1. The first-order valence-corrected chi connectivity index (χ1v) is 8.34. The predicted molar refractivity (Wildman–Crippen MR) is 78.5 cm³/mol. The van der Waals surface area contributed by atoms with Crippen LogP contribution in [0.4, 0.5) is 0 Å². The van der Waals surface area contributed by atoms with E-state index in [0.29, 0.717) is 12.2 Å². The normalized spacial score (nSPS) is 20.4. The van der Waals surface area contributed by atoms with Gasteiger partial charge in [0, 0.05) is 18.2 Å². The summed E-state index contributed by atoms with van der Waals surface area (Å²) in [5.41, 5.74) is 6.11. The number of primary amides is 1. The number of amides is 1. The summed E-state index contributed by atoms with van der Waals surface area (Å²) in [7, 11) is -3.71. The molecule has 1 aliphatic rings. The first-order chi connectivity index (χ1) is 9.81. The number of nitrogens with one attached hydrogen (secondary N) is 1. The van der Waals surface area contributed by atoms with Crippen LogP contribution in [0.3, 0.4) is 0 Å². The number of rotatable bonds is 5. The van der Waals surface area contributed by atoms with Crippen molar-refractivity contribution in [1.82, 2.24) is 4.72 Å². The smallest absolute Gasteiger partial charge is 0.249 e. The Morgan fingerprint density at radius 1 is 1.48 bits per heavy atom. The van der Waals surface area contributed by atoms with Gasteiger partial charge < -0.3 is 10.5 Å². The fourth-order valence-electron chi connectivity index (χ4n) is 2.42. The van der Waals surface area contributed by atoms with Gasteiger partial charge in [-0.3, -0.25) is 4.79 Å². The monoisotopic (exact) mass is 312 g/mol. The number of carbonyl (C=O) groups is 1. The lowest BCUT2D eigenvalue weighted by molar-refractivity contribution is 0.0902. The van der Waals surface area contributed by atoms with E-state index in [-0.39, 0.29) is 22.6 Å². The van der Waals surface area contributed by atoms with Crippen LogP contribution in [0, 0.1) is 6.92 Å². The topological polar surface area (TPSA) is 98.5 Å². The van der Waals surface area contributed by atoms with Crippen molar-refractivity contribution in [2.45, 2.75) is 43.7 Å². The molecule has 0 bridgehead atoms. The Labute approximate surface area is 124 Å². The quantitative estimate of drug-likeness (QED) is 0.845. The number of carbonyl (C=O) groups excluding carboxylic acids is 1. The molecule has 1 fully saturated rings. The number of hydrogen-bond acceptors (Lipinski definition) is 4. The minimum absolute atomic E-state index is 0.0340. The summed E-state index contributed by atoms with van der Waals surface area (Å²) in [6, 6.07) is 4.02. The third kappa shape index (κ3) is 3.61. The van der Waals surface area contributed by atoms with Crippen molar-refractivity contribution in [3.05, 3.63) is 29.3 Å². The van der Waals surface area contributed by atoms with E-state index < -0.39 is 15.9 Å². The first kappa shape index (κ1) is 15.9. The van der Waals surface area contributed by atoms with Gasteiger partial charge in [0.15, 0.2) is 0 Å². The summed E-state index contributed by atoms with van der Waals surface area (Å²) < 4.78 is 32.8. The maximum atomic E-state index is 12.4. The minimum atomic E-state index is -3.71. The molecule has 0 saturated carbocycles. The lowest BCUT2D eigenvalue weighted by Gasteiger charge is -2.20. The molecule has 116 valence electrons. The van der Waals surface area contributed by atoms with E-state index in [1.54, 1.807) is 19.9 Å². The minimum Gasteiger partial charge on any atom is -0.377 e. The molecule has 2 rings (SSSR count). The molecule has 2 atom stereocenters. The molecule has 21 heavy (non-hydrogen) atoms. The Morgan fingerprint density at radius 2 is 2.19 bits per heavy atom. The van der Waals surface area contributed by atoms with Crippen LogP contribution in [0.2, 0.25) is 0 Å². The maximum Gasteiger partial charge on any atom is 0.249 e. The molecule has 0 aromatic heterocycles. The zero-order valence-corrected chi connectivity index (χ0v) is 12.9. The summed E-state index contributed by atoms with van der Waals surface area (Å²) in [4.78, 5) is 11.4. The SMILES string of the molecule is Cc1ccc(S(=O)(=O)N[C@H](C)[C@H]2CCCO2)cc1C(N)=O. The molecule has 7 heteroatoms. The van der Waals surface area contributed by atoms with Crippen molar-refractivity contribution >= 4 is 15.9 Å². The van der Waals surface area contributed by atoms with Crippen molar-refractivity contribution in [3.8, 4) is 0 Å². The van der Waals surface area contributed by atoms with Gasteiger partial charge in [0.05, 0.1) is 11.0 Å². The maximum absolute atomic E-state index is 12.4. The standard InChI is InChI=1S/C14H20N2O4S/c1-9-5-6-11(8-12(9)14(15)17)21(18,19)16-10(2)13-4-3-7-20-13/h5-6,8,10,13,16H,3-4,7H2,1-2H3,(H2,15,17)/t10-,13-/m1/s1. The van der Waals surface area contributed by atoms with Gasteiger partial charge >= 0.3 is 0 Å². The molecular formula is C14H20N2O4S. The van der Waals surface area contributed by atoms with Crippen LogP contribution in [0.5, 0.6) is 0 Å². The molecule has 0 spiro atoms. The first-order valence-electron chi connectivity index (χ1n) is 6.85. The van der Waals surface area contributed by atoms with Gasteiger partial charge in [0.1, 0.15) is 0 Å². The lowest BCUT2D eigenvalue weighted by Crippen LogP contribution is -2.40. The highest BCUT2D eigenvalue weighted by atomic mass is 32.2. The van der Waals surface area contributed by atoms with Crippen molar-refractivity contribution in [2.24, 2.45) is 5.73 Å². The predicted octanol–water partition coefficient (Wildman–Crippen LogP) is 0.940. The number of nitrogens with two attached hydrogens (primary N) is 1. The highest BCUT2D eigenvalue weighted by Crippen LogP contribution is 2.19. The zero-order valence-electron chi connectivity index (χ0n) is 12.1. The van der Waals surface area contributed by atoms with Crippen LogP contribution in [-0.4, -0.2) is 33.1 Å². The van der Waals surface area contributed by atoms with E-state index in [0.717, 1.165) is 12.8 Å². The largest absolute Gasteiger partial charge is 0.377 e. The summed E-state index contributed by atoms with van der Waals surface area (Å²) in [5, 5.41) is 0. The van der Waals surface area contributed by atoms with Gasteiger partial charge in [-0.25, -0.2) is 13.1 Å². The molecule has 1 aliphatic heterocycles. The highest BCUT2D eigenvalue weighted by Gasteiger charge is 2.27. The van der Waals surface area contributed by atoms with Crippen molar-refractivity contribution in [3.63, 3.8) is 0 Å². The number of benzene rings is 1. The molecule has 6 nitrogen and oxygen atoms in total. The molecule has 1 aromatic carbocycles. The van der Waals surface area contributed by atoms with Gasteiger partial charge in [0.2, 0.25) is 15.9 Å². The Balaban J connectivity index is 2.23. The molecule has 1 amide bonds. The van der Waals surface area contributed by atoms with Gasteiger partial charge in [-0.05, 0) is 44.4 Å². The molecule has 1 heterocycles. The Kier molecular flexibility index (Phi) is 4.65. The third-order valence-electron chi connectivity index (χ3n) is 3.65. The lowest BCUT2D eigenvalue weighted by atomic mass is 10.1. The second kappa shape index (κ2) is 6.13. The fraction of sp³-hybridized carbons (Fsp3) is 0.500. The molecule has 0 radical (unpaired) electrons. The van der Waals surface area contributed by atoms with Crippen LogP contribution < -0.4 is 10.5 Å². The van der Waals surface area contributed by atoms with Crippen LogP contribution in [0.25, 0.3) is 0 Å². The van der Waals surface area contributed by atoms with Crippen LogP contribution in [0.1, 0.15) is 35.7 Å². The second-order valence-electron chi connectivity index (χ2n) is 5.30. The van der Waals surface area contributed by atoms with E-state index in [9.17, 15) is 13.2 Å².